The van der Waals surface area contributed by atoms with Crippen molar-refractivity contribution < 1.29 is 9.53 Å². The van der Waals surface area contributed by atoms with Crippen LogP contribution < -0.4 is 11.3 Å². The molecule has 0 saturated carbocycles. The number of primary amides is 1. The SMILES string of the molecule is COCCc1nc2scc(-c3ccc4c(c3)CCCC4)c2c(=O)n1CCC(N)=O. The van der Waals surface area contributed by atoms with Gasteiger partial charge < -0.3 is 10.5 Å². The third-order valence-corrected chi connectivity index (χ3v) is 6.42. The minimum atomic E-state index is -0.435. The van der Waals surface area contributed by atoms with Gasteiger partial charge in [-0.25, -0.2) is 4.98 Å². The van der Waals surface area contributed by atoms with Crippen molar-refractivity contribution in [3.8, 4) is 11.1 Å². The number of rotatable bonds is 7. The minimum Gasteiger partial charge on any atom is -0.384 e. The van der Waals surface area contributed by atoms with Crippen LogP contribution in [0.2, 0.25) is 0 Å². The maximum absolute atomic E-state index is 13.4. The van der Waals surface area contributed by atoms with Gasteiger partial charge in [0, 0.05) is 37.4 Å². The van der Waals surface area contributed by atoms with Crippen LogP contribution in [-0.4, -0.2) is 29.2 Å². The predicted octanol–water partition coefficient (Wildman–Crippen LogP) is 3.07. The van der Waals surface area contributed by atoms with E-state index in [1.165, 1.54) is 35.3 Å². The lowest BCUT2D eigenvalue weighted by Crippen LogP contribution is -2.28. The Morgan fingerprint density at radius 1 is 1.28 bits per heavy atom. The van der Waals surface area contributed by atoms with Crippen molar-refractivity contribution in [2.45, 2.75) is 45.1 Å². The molecular formula is C22H25N3O3S. The molecule has 0 saturated heterocycles. The molecule has 0 spiro atoms. The summed E-state index contributed by atoms with van der Waals surface area (Å²) in [6, 6.07) is 6.53. The normalized spacial score (nSPS) is 13.6. The van der Waals surface area contributed by atoms with Crippen molar-refractivity contribution in [3.63, 3.8) is 0 Å². The Kier molecular flexibility index (Phi) is 5.78. The van der Waals surface area contributed by atoms with E-state index in [0.717, 1.165) is 28.8 Å². The second-order valence-electron chi connectivity index (χ2n) is 7.46. The topological polar surface area (TPSA) is 87.2 Å². The number of aromatic nitrogens is 2. The molecule has 0 fully saturated rings. The minimum absolute atomic E-state index is 0.103. The summed E-state index contributed by atoms with van der Waals surface area (Å²) >= 11 is 1.48. The third-order valence-electron chi connectivity index (χ3n) is 5.54. The van der Waals surface area contributed by atoms with Gasteiger partial charge in [-0.2, -0.15) is 0 Å². The van der Waals surface area contributed by atoms with E-state index < -0.39 is 5.91 Å². The van der Waals surface area contributed by atoms with Gasteiger partial charge in [-0.15, -0.1) is 11.3 Å². The van der Waals surface area contributed by atoms with E-state index in [2.05, 4.69) is 18.2 Å². The molecule has 2 aromatic heterocycles. The molecule has 29 heavy (non-hydrogen) atoms. The number of hydrogen-bond donors (Lipinski definition) is 1. The van der Waals surface area contributed by atoms with Gasteiger partial charge in [-0.05, 0) is 42.4 Å². The Morgan fingerprint density at radius 3 is 2.83 bits per heavy atom. The lowest BCUT2D eigenvalue weighted by molar-refractivity contribution is -0.118. The van der Waals surface area contributed by atoms with Gasteiger partial charge in [0.15, 0.2) is 0 Å². The lowest BCUT2D eigenvalue weighted by atomic mass is 9.89. The highest BCUT2D eigenvalue weighted by Gasteiger charge is 2.18. The van der Waals surface area contributed by atoms with Crippen LogP contribution in [0, 0.1) is 0 Å². The Labute approximate surface area is 173 Å². The van der Waals surface area contributed by atoms with Crippen molar-refractivity contribution >= 4 is 27.5 Å². The molecule has 4 rings (SSSR count). The van der Waals surface area contributed by atoms with Crippen LogP contribution in [0.25, 0.3) is 21.3 Å². The van der Waals surface area contributed by atoms with Gasteiger partial charge in [0.25, 0.3) is 5.56 Å². The summed E-state index contributed by atoms with van der Waals surface area (Å²) in [6.45, 7) is 0.688. The molecule has 0 atom stereocenters. The molecule has 2 heterocycles. The highest BCUT2D eigenvalue weighted by atomic mass is 32.1. The molecule has 1 amide bonds. The van der Waals surface area contributed by atoms with E-state index in [9.17, 15) is 9.59 Å². The number of fused-ring (bicyclic) bond motifs is 2. The molecule has 0 radical (unpaired) electrons. The number of carbonyl (C=O) groups is 1. The van der Waals surface area contributed by atoms with Crippen LogP contribution in [0.15, 0.2) is 28.4 Å². The fourth-order valence-electron chi connectivity index (χ4n) is 4.02. The number of hydrogen-bond acceptors (Lipinski definition) is 5. The first-order chi connectivity index (χ1) is 14.1. The Bertz CT molecular complexity index is 1120. The number of thiophene rings is 1. The van der Waals surface area contributed by atoms with E-state index >= 15 is 0 Å². The van der Waals surface area contributed by atoms with Crippen LogP contribution in [-0.2, 0) is 35.3 Å². The summed E-state index contributed by atoms with van der Waals surface area (Å²) in [5, 5.41) is 2.64. The second kappa shape index (κ2) is 8.47. The number of methoxy groups -OCH3 is 1. The predicted molar refractivity (Wildman–Crippen MR) is 115 cm³/mol. The highest BCUT2D eigenvalue weighted by molar-refractivity contribution is 7.17. The zero-order chi connectivity index (χ0) is 20.4. The fourth-order valence-corrected chi connectivity index (χ4v) is 4.97. The molecule has 7 heteroatoms. The number of aryl methyl sites for hydroxylation is 2. The zero-order valence-electron chi connectivity index (χ0n) is 16.6. The molecule has 1 aliphatic rings. The number of nitrogens with two attached hydrogens (primary N) is 1. The summed E-state index contributed by atoms with van der Waals surface area (Å²) in [5.41, 5.74) is 9.98. The van der Waals surface area contributed by atoms with Gasteiger partial charge in [0.2, 0.25) is 5.91 Å². The fraction of sp³-hybridized carbons (Fsp3) is 0.409. The quantitative estimate of drug-likeness (QED) is 0.647. The van der Waals surface area contributed by atoms with E-state index in [1.54, 1.807) is 11.7 Å². The molecule has 1 aliphatic carbocycles. The zero-order valence-corrected chi connectivity index (χ0v) is 17.4. The average Bonchev–Trinajstić information content (AvgIpc) is 3.15. The van der Waals surface area contributed by atoms with E-state index in [1.807, 2.05) is 5.38 Å². The summed E-state index contributed by atoms with van der Waals surface area (Å²) in [5.74, 6) is 0.194. The maximum atomic E-state index is 13.4. The molecule has 1 aromatic carbocycles. The van der Waals surface area contributed by atoms with Gasteiger partial charge in [-0.1, -0.05) is 18.2 Å². The first kappa shape index (κ1) is 19.8. The molecule has 6 nitrogen and oxygen atoms in total. The summed E-state index contributed by atoms with van der Waals surface area (Å²) in [4.78, 5) is 30.2. The number of benzene rings is 1. The summed E-state index contributed by atoms with van der Waals surface area (Å²) < 4.78 is 6.75. The number of carbonyl (C=O) groups excluding carboxylic acids is 1. The van der Waals surface area contributed by atoms with Crippen molar-refractivity contribution in [1.29, 1.82) is 0 Å². The molecule has 2 N–H and O–H groups in total. The van der Waals surface area contributed by atoms with Crippen molar-refractivity contribution in [3.05, 3.63) is 50.9 Å². The largest absolute Gasteiger partial charge is 0.384 e. The van der Waals surface area contributed by atoms with Crippen LogP contribution >= 0.6 is 11.3 Å². The monoisotopic (exact) mass is 411 g/mol. The van der Waals surface area contributed by atoms with E-state index in [4.69, 9.17) is 15.5 Å². The van der Waals surface area contributed by atoms with Crippen LogP contribution in [0.1, 0.15) is 36.2 Å². The average molecular weight is 412 g/mol. The van der Waals surface area contributed by atoms with Crippen molar-refractivity contribution in [2.75, 3.05) is 13.7 Å². The number of ether oxygens (including phenoxy) is 1. The molecule has 0 aliphatic heterocycles. The van der Waals surface area contributed by atoms with Crippen LogP contribution in [0.5, 0.6) is 0 Å². The van der Waals surface area contributed by atoms with Crippen LogP contribution in [0.4, 0.5) is 0 Å². The van der Waals surface area contributed by atoms with Crippen molar-refractivity contribution in [1.82, 2.24) is 9.55 Å². The molecular weight excluding hydrogens is 386 g/mol. The molecule has 152 valence electrons. The Balaban J connectivity index is 1.83. The third kappa shape index (κ3) is 3.97. The molecule has 0 unspecified atom stereocenters. The van der Waals surface area contributed by atoms with E-state index in [-0.39, 0.29) is 18.5 Å². The summed E-state index contributed by atoms with van der Waals surface area (Å²) in [6.07, 6.45) is 5.29. The smallest absolute Gasteiger partial charge is 0.262 e. The molecule has 0 bridgehead atoms. The Morgan fingerprint density at radius 2 is 2.07 bits per heavy atom. The maximum Gasteiger partial charge on any atom is 0.262 e. The highest BCUT2D eigenvalue weighted by Crippen LogP contribution is 2.33. The standard InChI is InChI=1S/C22H25N3O3S/c1-28-11-9-19-24-21-20(22(27)25(19)10-8-18(23)26)17(13-29-21)16-7-6-14-4-2-3-5-15(14)12-16/h6-7,12-13H,2-5,8-11H2,1H3,(H2,23,26). The molecule has 3 aromatic rings. The number of amides is 1. The van der Waals surface area contributed by atoms with Gasteiger partial charge in [0.1, 0.15) is 10.7 Å². The summed E-state index contributed by atoms with van der Waals surface area (Å²) in [7, 11) is 1.61. The van der Waals surface area contributed by atoms with E-state index in [0.29, 0.717) is 24.2 Å². The van der Waals surface area contributed by atoms with Crippen LogP contribution in [0.3, 0.4) is 0 Å². The number of nitrogens with zero attached hydrogens (tertiary/aromatic N) is 2. The van der Waals surface area contributed by atoms with Gasteiger partial charge in [-0.3, -0.25) is 14.2 Å². The lowest BCUT2D eigenvalue weighted by Gasteiger charge is -2.16. The van der Waals surface area contributed by atoms with Gasteiger partial charge in [0.05, 0.1) is 12.0 Å². The Hall–Kier alpha value is -2.51. The first-order valence-electron chi connectivity index (χ1n) is 9.99. The first-order valence-corrected chi connectivity index (χ1v) is 10.9. The second-order valence-corrected chi connectivity index (χ2v) is 8.32. The van der Waals surface area contributed by atoms with Crippen molar-refractivity contribution in [2.24, 2.45) is 5.73 Å². The van der Waals surface area contributed by atoms with Gasteiger partial charge >= 0.3 is 0 Å².